The lowest BCUT2D eigenvalue weighted by molar-refractivity contribution is 0.0954. The number of carbonyl (C=O) groups excluding carboxylic acids is 1. The summed E-state index contributed by atoms with van der Waals surface area (Å²) in [5.74, 6) is 0.710. The smallest absolute Gasteiger partial charge is 0.251 e. The third kappa shape index (κ3) is 3.31. The van der Waals surface area contributed by atoms with Gasteiger partial charge in [0.15, 0.2) is 0 Å². The molecule has 0 unspecified atom stereocenters. The van der Waals surface area contributed by atoms with E-state index in [1.807, 2.05) is 30.7 Å². The number of hydrogen-bond acceptors (Lipinski definition) is 4. The first-order chi connectivity index (χ1) is 9.06. The van der Waals surface area contributed by atoms with Crippen molar-refractivity contribution in [1.29, 1.82) is 0 Å². The first-order valence-electron chi connectivity index (χ1n) is 6.04. The molecule has 0 aliphatic carbocycles. The molecular formula is C13H17N5O. The molecule has 0 aliphatic heterocycles. The first kappa shape index (κ1) is 13.1. The lowest BCUT2D eigenvalue weighted by Crippen LogP contribution is -2.26. The topological polar surface area (TPSA) is 85.8 Å². The van der Waals surface area contributed by atoms with Crippen molar-refractivity contribution in [1.82, 2.24) is 20.1 Å². The molecule has 0 bridgehead atoms. The Hall–Kier alpha value is -2.37. The molecule has 1 aromatic heterocycles. The molecule has 1 amide bonds. The predicted molar refractivity (Wildman–Crippen MR) is 72.6 cm³/mol. The van der Waals surface area contributed by atoms with E-state index >= 15 is 0 Å². The second kappa shape index (κ2) is 5.51. The van der Waals surface area contributed by atoms with Gasteiger partial charge in [-0.05, 0) is 30.7 Å². The number of benzene rings is 1. The molecule has 0 saturated heterocycles. The van der Waals surface area contributed by atoms with Gasteiger partial charge in [-0.2, -0.15) is 0 Å². The van der Waals surface area contributed by atoms with Crippen LogP contribution >= 0.6 is 0 Å². The van der Waals surface area contributed by atoms with Crippen LogP contribution in [0.25, 0.3) is 0 Å². The summed E-state index contributed by atoms with van der Waals surface area (Å²) in [6.45, 7) is 2.42. The zero-order chi connectivity index (χ0) is 13.8. The summed E-state index contributed by atoms with van der Waals surface area (Å²) in [4.78, 5) is 12.0. The highest BCUT2D eigenvalue weighted by atomic mass is 16.1. The molecule has 100 valence electrons. The number of amides is 1. The van der Waals surface area contributed by atoms with Gasteiger partial charge in [-0.25, -0.2) is 0 Å². The van der Waals surface area contributed by atoms with Crippen molar-refractivity contribution in [2.45, 2.75) is 13.3 Å². The van der Waals surface area contributed by atoms with Gasteiger partial charge in [0.05, 0.1) is 0 Å². The maximum Gasteiger partial charge on any atom is 0.251 e. The highest BCUT2D eigenvalue weighted by Gasteiger charge is 2.07. The van der Waals surface area contributed by atoms with Crippen LogP contribution in [0, 0.1) is 6.92 Å². The van der Waals surface area contributed by atoms with Gasteiger partial charge in [0.25, 0.3) is 5.91 Å². The molecule has 6 nitrogen and oxygen atoms in total. The molecule has 2 aromatic rings. The molecule has 19 heavy (non-hydrogen) atoms. The van der Waals surface area contributed by atoms with Crippen molar-refractivity contribution in [3.05, 3.63) is 41.5 Å². The van der Waals surface area contributed by atoms with Crippen molar-refractivity contribution >= 4 is 11.6 Å². The van der Waals surface area contributed by atoms with Crippen LogP contribution in [-0.2, 0) is 13.5 Å². The summed E-state index contributed by atoms with van der Waals surface area (Å²) < 4.78 is 1.83. The maximum atomic E-state index is 12.0. The third-order valence-corrected chi connectivity index (χ3v) is 2.80. The van der Waals surface area contributed by atoms with Gasteiger partial charge in [-0.15, -0.1) is 10.2 Å². The molecule has 1 heterocycles. The summed E-state index contributed by atoms with van der Waals surface area (Å²) in [5, 5.41) is 10.6. The van der Waals surface area contributed by atoms with Gasteiger partial charge in [-0.1, -0.05) is 0 Å². The number of rotatable bonds is 4. The standard InChI is InChI=1S/C13H17N5O/c1-9-5-10(7-11(14)6-9)13(19)15-4-3-12-17-16-8-18(12)2/h5-8H,3-4,14H2,1-2H3,(H,15,19). The molecule has 2 rings (SSSR count). The minimum Gasteiger partial charge on any atom is -0.399 e. The Kier molecular flexibility index (Phi) is 3.79. The molecule has 0 radical (unpaired) electrons. The van der Waals surface area contributed by atoms with E-state index in [2.05, 4.69) is 15.5 Å². The molecule has 0 atom stereocenters. The third-order valence-electron chi connectivity index (χ3n) is 2.80. The number of aryl methyl sites for hydroxylation is 2. The molecule has 0 spiro atoms. The fourth-order valence-electron chi connectivity index (χ4n) is 1.87. The van der Waals surface area contributed by atoms with Crippen LogP contribution in [0.15, 0.2) is 24.5 Å². The van der Waals surface area contributed by atoms with E-state index in [1.54, 1.807) is 12.4 Å². The van der Waals surface area contributed by atoms with Gasteiger partial charge < -0.3 is 15.6 Å². The summed E-state index contributed by atoms with van der Waals surface area (Å²) in [7, 11) is 1.87. The van der Waals surface area contributed by atoms with Gasteiger partial charge in [0.1, 0.15) is 12.2 Å². The Morgan fingerprint density at radius 1 is 1.42 bits per heavy atom. The molecule has 0 aliphatic rings. The van der Waals surface area contributed by atoms with Gasteiger partial charge in [0.2, 0.25) is 0 Å². The van der Waals surface area contributed by atoms with Crippen LogP contribution in [0.3, 0.4) is 0 Å². The van der Waals surface area contributed by atoms with Crippen molar-refractivity contribution in [2.75, 3.05) is 12.3 Å². The quantitative estimate of drug-likeness (QED) is 0.790. The van der Waals surface area contributed by atoms with E-state index < -0.39 is 0 Å². The Labute approximate surface area is 111 Å². The number of nitrogens with two attached hydrogens (primary N) is 1. The van der Waals surface area contributed by atoms with Crippen LogP contribution in [0.5, 0.6) is 0 Å². The fourth-order valence-corrected chi connectivity index (χ4v) is 1.87. The van der Waals surface area contributed by atoms with Crippen molar-refractivity contribution < 1.29 is 4.79 Å². The minimum atomic E-state index is -0.127. The monoisotopic (exact) mass is 259 g/mol. The molecule has 3 N–H and O–H groups in total. The lowest BCUT2D eigenvalue weighted by Gasteiger charge is -2.06. The number of anilines is 1. The zero-order valence-electron chi connectivity index (χ0n) is 11.1. The van der Waals surface area contributed by atoms with Crippen LogP contribution in [-0.4, -0.2) is 27.2 Å². The van der Waals surface area contributed by atoms with E-state index in [9.17, 15) is 4.79 Å². The second-order valence-corrected chi connectivity index (χ2v) is 4.50. The Bertz CT molecular complexity index is 570. The number of aromatic nitrogens is 3. The van der Waals surface area contributed by atoms with Crippen LogP contribution in [0.2, 0.25) is 0 Å². The Morgan fingerprint density at radius 2 is 2.21 bits per heavy atom. The van der Waals surface area contributed by atoms with Crippen molar-refractivity contribution in [3.8, 4) is 0 Å². The lowest BCUT2D eigenvalue weighted by atomic mass is 10.1. The summed E-state index contributed by atoms with van der Waals surface area (Å²) in [6.07, 6.45) is 2.28. The van der Waals surface area contributed by atoms with Crippen molar-refractivity contribution in [3.63, 3.8) is 0 Å². The molecular weight excluding hydrogens is 242 g/mol. The van der Waals surface area contributed by atoms with E-state index in [1.165, 1.54) is 0 Å². The van der Waals surface area contributed by atoms with Gasteiger partial charge >= 0.3 is 0 Å². The number of carbonyl (C=O) groups is 1. The predicted octanol–water partition coefficient (Wildman–Crippen LogP) is 0.678. The Balaban J connectivity index is 1.92. The Morgan fingerprint density at radius 3 is 2.84 bits per heavy atom. The van der Waals surface area contributed by atoms with E-state index in [0.717, 1.165) is 11.4 Å². The number of nitrogens with zero attached hydrogens (tertiary/aromatic N) is 3. The van der Waals surface area contributed by atoms with Crippen LogP contribution < -0.4 is 11.1 Å². The van der Waals surface area contributed by atoms with E-state index in [-0.39, 0.29) is 5.91 Å². The molecule has 0 saturated carbocycles. The normalized spacial score (nSPS) is 10.4. The number of nitrogen functional groups attached to an aromatic ring is 1. The summed E-state index contributed by atoms with van der Waals surface area (Å²) >= 11 is 0. The SMILES string of the molecule is Cc1cc(N)cc(C(=O)NCCc2nncn2C)c1. The molecule has 6 heteroatoms. The maximum absolute atomic E-state index is 12.0. The average molecular weight is 259 g/mol. The summed E-state index contributed by atoms with van der Waals surface area (Å²) in [5.41, 5.74) is 7.87. The second-order valence-electron chi connectivity index (χ2n) is 4.50. The fraction of sp³-hybridized carbons (Fsp3) is 0.308. The van der Waals surface area contributed by atoms with E-state index in [4.69, 9.17) is 5.73 Å². The van der Waals surface area contributed by atoms with Crippen LogP contribution in [0.4, 0.5) is 5.69 Å². The average Bonchev–Trinajstić information content (AvgIpc) is 2.74. The largest absolute Gasteiger partial charge is 0.399 e. The summed E-state index contributed by atoms with van der Waals surface area (Å²) in [6, 6.07) is 5.31. The number of nitrogens with one attached hydrogen (secondary N) is 1. The van der Waals surface area contributed by atoms with Gasteiger partial charge in [0, 0.05) is 31.3 Å². The first-order valence-corrected chi connectivity index (χ1v) is 6.04. The number of hydrogen-bond donors (Lipinski definition) is 2. The highest BCUT2D eigenvalue weighted by molar-refractivity contribution is 5.95. The van der Waals surface area contributed by atoms with E-state index in [0.29, 0.717) is 24.2 Å². The highest BCUT2D eigenvalue weighted by Crippen LogP contribution is 2.10. The van der Waals surface area contributed by atoms with Crippen LogP contribution in [0.1, 0.15) is 21.7 Å². The molecule has 1 aromatic carbocycles. The minimum absolute atomic E-state index is 0.127. The molecule has 0 fully saturated rings. The zero-order valence-corrected chi connectivity index (χ0v) is 11.1. The van der Waals surface area contributed by atoms with Crippen molar-refractivity contribution in [2.24, 2.45) is 7.05 Å². The van der Waals surface area contributed by atoms with Gasteiger partial charge in [-0.3, -0.25) is 4.79 Å².